The van der Waals surface area contributed by atoms with Crippen LogP contribution in [0, 0.1) is 0 Å². The molecule has 0 unspecified atom stereocenters. The van der Waals surface area contributed by atoms with Crippen LogP contribution in [0.15, 0.2) is 46.0 Å². The quantitative estimate of drug-likeness (QED) is 0.295. The van der Waals surface area contributed by atoms with Crippen molar-refractivity contribution < 1.29 is 4.79 Å². The van der Waals surface area contributed by atoms with Gasteiger partial charge in [0, 0.05) is 25.8 Å². The number of carbonyl (C=O) groups is 1. The van der Waals surface area contributed by atoms with Crippen molar-refractivity contribution in [2.75, 3.05) is 23.6 Å². The van der Waals surface area contributed by atoms with Gasteiger partial charge in [0.25, 0.3) is 0 Å². The molecule has 1 aliphatic heterocycles. The molecule has 0 amide bonds. The molecule has 1 aliphatic rings. The number of nitrogens with one attached hydrogen (secondary N) is 3. The molecule has 0 fully saturated rings. The number of thiophene rings is 1. The average Bonchev–Trinajstić information content (AvgIpc) is 3.49. The van der Waals surface area contributed by atoms with Gasteiger partial charge in [-0.1, -0.05) is 17.4 Å². The Balaban J connectivity index is 0.000000158. The molecule has 0 saturated carbocycles. The Morgan fingerprint density at radius 3 is 3.03 bits per heavy atom. The SMILES string of the molecule is CNc1nc2ccc(NSc3cccs3)cc2s1.O=Cc1cc2n(n1)CCCNC2. The van der Waals surface area contributed by atoms with Crippen molar-refractivity contribution in [3.63, 3.8) is 0 Å². The highest BCUT2D eigenvalue weighted by Gasteiger charge is 2.09. The summed E-state index contributed by atoms with van der Waals surface area (Å²) in [4.78, 5) is 14.9. The van der Waals surface area contributed by atoms with Crippen molar-refractivity contribution in [1.29, 1.82) is 0 Å². The first-order valence-corrected chi connectivity index (χ1v) is 12.0. The van der Waals surface area contributed by atoms with Crippen LogP contribution in [0.3, 0.4) is 0 Å². The van der Waals surface area contributed by atoms with Gasteiger partial charge in [-0.15, -0.1) is 11.3 Å². The molecule has 5 rings (SSSR count). The number of aldehydes is 1. The van der Waals surface area contributed by atoms with Gasteiger partial charge in [-0.25, -0.2) is 4.98 Å². The van der Waals surface area contributed by atoms with Gasteiger partial charge in [-0.3, -0.25) is 9.48 Å². The van der Waals surface area contributed by atoms with E-state index in [2.05, 4.69) is 55.1 Å². The summed E-state index contributed by atoms with van der Waals surface area (Å²) in [6.45, 7) is 2.76. The Kier molecular flexibility index (Phi) is 7.00. The lowest BCUT2D eigenvalue weighted by molar-refractivity contribution is 0.111. The minimum atomic E-state index is 0.536. The first-order chi connectivity index (χ1) is 14.7. The maximum Gasteiger partial charge on any atom is 0.183 e. The van der Waals surface area contributed by atoms with Crippen LogP contribution in [0.25, 0.3) is 10.2 Å². The molecule has 10 heteroatoms. The molecule has 156 valence electrons. The van der Waals surface area contributed by atoms with Gasteiger partial charge in [0.2, 0.25) is 0 Å². The van der Waals surface area contributed by atoms with Gasteiger partial charge in [-0.05, 0) is 60.6 Å². The molecule has 4 aromatic rings. The van der Waals surface area contributed by atoms with Gasteiger partial charge in [0.15, 0.2) is 11.4 Å². The lowest BCUT2D eigenvalue weighted by atomic mass is 10.3. The van der Waals surface area contributed by atoms with E-state index in [9.17, 15) is 4.79 Å². The van der Waals surface area contributed by atoms with E-state index in [1.807, 2.05) is 23.9 Å². The fraction of sp³-hybridized carbons (Fsp3) is 0.250. The van der Waals surface area contributed by atoms with Crippen molar-refractivity contribution in [3.05, 3.63) is 53.2 Å². The minimum Gasteiger partial charge on any atom is -0.365 e. The number of nitrogens with zero attached hydrogens (tertiary/aromatic N) is 3. The van der Waals surface area contributed by atoms with Crippen molar-refractivity contribution >= 4 is 61.9 Å². The van der Waals surface area contributed by atoms with Crippen LogP contribution in [0.5, 0.6) is 0 Å². The van der Waals surface area contributed by atoms with Crippen LogP contribution in [-0.4, -0.2) is 34.6 Å². The Morgan fingerprint density at radius 1 is 1.30 bits per heavy atom. The van der Waals surface area contributed by atoms with Crippen LogP contribution in [0.4, 0.5) is 10.8 Å². The topological polar surface area (TPSA) is 83.9 Å². The number of thiazole rings is 1. The van der Waals surface area contributed by atoms with Crippen LogP contribution in [-0.2, 0) is 13.1 Å². The van der Waals surface area contributed by atoms with Crippen LogP contribution in [0.1, 0.15) is 22.6 Å². The van der Waals surface area contributed by atoms with E-state index in [1.165, 1.54) is 8.91 Å². The number of hydrogen-bond acceptors (Lipinski definition) is 9. The molecule has 0 radical (unpaired) electrons. The molecule has 0 atom stereocenters. The summed E-state index contributed by atoms with van der Waals surface area (Å²) in [7, 11) is 1.89. The largest absolute Gasteiger partial charge is 0.365 e. The highest BCUT2D eigenvalue weighted by Crippen LogP contribution is 2.30. The zero-order valence-electron chi connectivity index (χ0n) is 16.4. The Bertz CT molecular complexity index is 1080. The van der Waals surface area contributed by atoms with E-state index in [-0.39, 0.29) is 0 Å². The predicted octanol–water partition coefficient (Wildman–Crippen LogP) is 4.71. The minimum absolute atomic E-state index is 0.536. The number of anilines is 2. The van der Waals surface area contributed by atoms with Gasteiger partial charge >= 0.3 is 0 Å². The highest BCUT2D eigenvalue weighted by atomic mass is 32.2. The van der Waals surface area contributed by atoms with Crippen LogP contribution >= 0.6 is 34.6 Å². The zero-order valence-corrected chi connectivity index (χ0v) is 18.9. The van der Waals surface area contributed by atoms with E-state index in [1.54, 1.807) is 34.6 Å². The second kappa shape index (κ2) is 10.1. The molecular weight excluding hydrogens is 436 g/mol. The fourth-order valence-electron chi connectivity index (χ4n) is 2.97. The lowest BCUT2D eigenvalue weighted by Crippen LogP contribution is -2.11. The summed E-state index contributed by atoms with van der Waals surface area (Å²) in [5, 5.41) is 13.5. The third kappa shape index (κ3) is 5.20. The normalized spacial score (nSPS) is 13.1. The third-order valence-electron chi connectivity index (χ3n) is 4.40. The van der Waals surface area contributed by atoms with E-state index >= 15 is 0 Å². The first-order valence-electron chi connectivity index (χ1n) is 9.52. The molecule has 1 aromatic carbocycles. The summed E-state index contributed by atoms with van der Waals surface area (Å²) < 4.78 is 7.71. The summed E-state index contributed by atoms with van der Waals surface area (Å²) in [6, 6.07) is 12.2. The van der Waals surface area contributed by atoms with E-state index < -0.39 is 0 Å². The fourth-order valence-corrected chi connectivity index (χ4v) is 5.25. The molecule has 0 bridgehead atoms. The molecule has 0 aliphatic carbocycles. The van der Waals surface area contributed by atoms with Crippen molar-refractivity contribution in [3.8, 4) is 0 Å². The second-order valence-corrected chi connectivity index (χ2v) is 9.60. The monoisotopic (exact) mass is 458 g/mol. The molecule has 0 spiro atoms. The first kappa shape index (κ1) is 20.9. The number of benzene rings is 1. The highest BCUT2D eigenvalue weighted by molar-refractivity contribution is 8.02. The van der Waals surface area contributed by atoms with Crippen molar-refractivity contribution in [1.82, 2.24) is 20.1 Å². The predicted molar refractivity (Wildman–Crippen MR) is 127 cm³/mol. The second-order valence-electron chi connectivity index (χ2n) is 6.52. The van der Waals surface area contributed by atoms with Gasteiger partial charge < -0.3 is 15.4 Å². The molecule has 30 heavy (non-hydrogen) atoms. The van der Waals surface area contributed by atoms with E-state index in [4.69, 9.17) is 0 Å². The molecule has 4 heterocycles. The van der Waals surface area contributed by atoms with Gasteiger partial charge in [0.05, 0.1) is 20.1 Å². The number of carbonyl (C=O) groups excluding carboxylic acids is 1. The summed E-state index contributed by atoms with van der Waals surface area (Å²) >= 11 is 5.04. The number of fused-ring (bicyclic) bond motifs is 2. The standard InChI is InChI=1S/C12H11N3S3.C8H11N3O/c1-13-12-14-9-5-4-8(7-10(9)17-12)15-18-11-3-2-6-16-11;12-6-7-4-8-5-9-2-1-3-11(8)10-7/h2-7,15H,1H3,(H,13,14);4,6,9H,1-3,5H2. The molecule has 7 nitrogen and oxygen atoms in total. The van der Waals surface area contributed by atoms with E-state index in [0.29, 0.717) is 5.69 Å². The van der Waals surface area contributed by atoms with E-state index in [0.717, 1.165) is 54.4 Å². The lowest BCUT2D eigenvalue weighted by Gasteiger charge is -2.02. The smallest absolute Gasteiger partial charge is 0.183 e. The van der Waals surface area contributed by atoms with Crippen molar-refractivity contribution in [2.24, 2.45) is 0 Å². The van der Waals surface area contributed by atoms with Crippen LogP contribution < -0.4 is 15.4 Å². The van der Waals surface area contributed by atoms with Gasteiger partial charge in [0.1, 0.15) is 5.69 Å². The van der Waals surface area contributed by atoms with Crippen molar-refractivity contribution in [2.45, 2.75) is 23.7 Å². The summed E-state index contributed by atoms with van der Waals surface area (Å²) in [5.74, 6) is 0. The molecular formula is C20H22N6OS3. The number of hydrogen-bond donors (Lipinski definition) is 3. The Labute approximate surface area is 187 Å². The summed E-state index contributed by atoms with van der Waals surface area (Å²) in [6.07, 6.45) is 1.87. The molecule has 0 saturated heterocycles. The maximum atomic E-state index is 10.4. The van der Waals surface area contributed by atoms with Gasteiger partial charge in [-0.2, -0.15) is 5.10 Å². The third-order valence-corrected chi connectivity index (χ3v) is 7.31. The molecule has 3 aromatic heterocycles. The van der Waals surface area contributed by atoms with Crippen LogP contribution in [0.2, 0.25) is 0 Å². The molecule has 3 N–H and O–H groups in total. The number of aryl methyl sites for hydroxylation is 1. The Morgan fingerprint density at radius 2 is 2.23 bits per heavy atom. The zero-order chi connectivity index (χ0) is 20.8. The Hall–Kier alpha value is -2.40. The maximum absolute atomic E-state index is 10.4. The number of aromatic nitrogens is 3. The summed E-state index contributed by atoms with van der Waals surface area (Å²) in [5.41, 5.74) is 3.78. The number of rotatable bonds is 5. The average molecular weight is 459 g/mol.